The minimum atomic E-state index is -2.33. The van der Waals surface area contributed by atoms with Gasteiger partial charge in [-0.15, -0.1) is 0 Å². The molecule has 0 aromatic rings. The minimum Gasteiger partial charge on any atom is -2.00 e. The Morgan fingerprint density at radius 2 is 0.529 bits per heavy atom. The van der Waals surface area contributed by atoms with Crippen LogP contribution in [0.25, 0.3) is 0 Å². The Labute approximate surface area is 172 Å². The van der Waals surface area contributed by atoms with Crippen LogP contribution < -0.4 is 20.4 Å². The molecule has 0 aliphatic carbocycles. The van der Waals surface area contributed by atoms with Crippen LogP contribution in [0.2, 0.25) is 0 Å². The molecule has 0 aromatic heterocycles. The van der Waals surface area contributed by atoms with Gasteiger partial charge in [0.1, 0.15) is 0 Å². The normalized spacial score (nSPS) is 2.82. The van der Waals surface area contributed by atoms with Gasteiger partial charge in [-0.05, 0) is 12.3 Å². The second kappa shape index (κ2) is 82.1. The zero-order valence-electron chi connectivity index (χ0n) is 7.37. The van der Waals surface area contributed by atoms with Gasteiger partial charge in [0.25, 0.3) is 0 Å². The second-order valence-electron chi connectivity index (χ2n) is 0.500. The van der Waals surface area contributed by atoms with E-state index in [0.717, 1.165) is 0 Å². The average molecular weight is 1040 g/mol. The standard InChI is InChI=1S/2CH2O3.4Bi.H2O.4O/c2*2-1(3)4;;;;;;;;;/h2*(H2,2,3,4);;;;;1H2;;;;/q;;4*+3;;4*-2/p-4. The fraction of sp³-hybridized carbons (Fsp3) is 0. The van der Waals surface area contributed by atoms with E-state index in [9.17, 15) is 0 Å². The third-order valence-corrected chi connectivity index (χ3v) is 0. The van der Waals surface area contributed by atoms with E-state index in [-0.39, 0.29) is 132 Å². The summed E-state index contributed by atoms with van der Waals surface area (Å²) in [6.07, 6.45) is -4.67. The van der Waals surface area contributed by atoms with Crippen LogP contribution in [0.1, 0.15) is 0 Å². The summed E-state index contributed by atoms with van der Waals surface area (Å²) in [7, 11) is 0. The summed E-state index contributed by atoms with van der Waals surface area (Å²) in [6, 6.07) is 0. The van der Waals surface area contributed by atoms with Gasteiger partial charge in [0.05, 0.1) is 0 Å². The molecule has 0 amide bonds. The Morgan fingerprint density at radius 3 is 0.529 bits per heavy atom. The second-order valence-corrected chi connectivity index (χ2v) is 0.500. The summed E-state index contributed by atoms with van der Waals surface area (Å²) in [5, 5.41) is 33.3. The summed E-state index contributed by atoms with van der Waals surface area (Å²) in [4.78, 5) is 16.7. The molecule has 11 nitrogen and oxygen atoms in total. The first-order valence-electron chi connectivity index (χ1n) is 1.22. The molecule has 0 atom stereocenters. The van der Waals surface area contributed by atoms with Crippen LogP contribution in [0, 0.1) is 0 Å². The number of hydrogen-bond donors (Lipinski definition) is 0. The van der Waals surface area contributed by atoms with Crippen LogP contribution in [0.15, 0.2) is 0 Å². The maximum atomic E-state index is 8.33. The van der Waals surface area contributed by atoms with Crippen LogP contribution in [-0.4, -0.2) is 123 Å². The van der Waals surface area contributed by atoms with Crippen molar-refractivity contribution in [3.63, 3.8) is 0 Å². The molecule has 0 rings (SSSR count). The molecule has 0 fully saturated rings. The molecule has 0 spiro atoms. The molecule has 0 aliphatic rings. The van der Waals surface area contributed by atoms with Crippen molar-refractivity contribution in [1.29, 1.82) is 0 Å². The van der Waals surface area contributed by atoms with Gasteiger partial charge in [0, 0.05) is 0 Å². The van der Waals surface area contributed by atoms with E-state index in [0.29, 0.717) is 0 Å². The fourth-order valence-electron chi connectivity index (χ4n) is 0. The largest absolute Gasteiger partial charge is 3.00 e. The molecule has 8 radical (unpaired) electrons. The predicted molar refractivity (Wildman–Crippen MR) is 40.2 cm³/mol. The van der Waals surface area contributed by atoms with Crippen molar-refractivity contribution >= 4 is 117 Å². The Morgan fingerprint density at radius 1 is 0.529 bits per heavy atom. The van der Waals surface area contributed by atoms with Crippen molar-refractivity contribution in [1.82, 2.24) is 0 Å². The van der Waals surface area contributed by atoms with Crippen LogP contribution in [0.4, 0.5) is 9.59 Å². The zero-order chi connectivity index (χ0) is 7.15. The van der Waals surface area contributed by atoms with Crippen LogP contribution >= 0.6 is 0 Å². The molecule has 0 unspecified atom stereocenters. The van der Waals surface area contributed by atoms with Gasteiger partial charge >= 0.3 is 105 Å². The van der Waals surface area contributed by atoms with Gasteiger partial charge < -0.3 is 57.4 Å². The molecule has 0 bridgehead atoms. The summed E-state index contributed by atoms with van der Waals surface area (Å²) >= 11 is 0. The first-order valence-corrected chi connectivity index (χ1v) is 1.22. The van der Waals surface area contributed by atoms with E-state index in [1.807, 2.05) is 0 Å². The van der Waals surface area contributed by atoms with Crippen molar-refractivity contribution in [2.24, 2.45) is 0 Å². The fourth-order valence-corrected chi connectivity index (χ4v) is 0. The summed E-state index contributed by atoms with van der Waals surface area (Å²) in [5.41, 5.74) is 0. The van der Waals surface area contributed by atoms with Gasteiger partial charge in [-0.2, -0.15) is 0 Å². The zero-order valence-corrected chi connectivity index (χ0v) is 21.3. The maximum Gasteiger partial charge on any atom is 3.00 e. The van der Waals surface area contributed by atoms with Gasteiger partial charge in [0.15, 0.2) is 0 Å². The molecule has 2 N–H and O–H groups in total. The van der Waals surface area contributed by atoms with Gasteiger partial charge in [-0.25, -0.2) is 0 Å². The molecule has 15 heteroatoms. The molecule has 96 valence electrons. The number of carbonyl (C=O) groups excluding carboxylic acids is 2. The molecule has 0 aliphatic heterocycles. The van der Waals surface area contributed by atoms with E-state index >= 15 is 0 Å². The molecule has 0 saturated carbocycles. The Bertz CT molecular complexity index is 79.5. The molecule has 0 saturated heterocycles. The monoisotopic (exact) mass is 1040 g/mol. The van der Waals surface area contributed by atoms with Crippen molar-refractivity contribution in [2.45, 2.75) is 0 Å². The van der Waals surface area contributed by atoms with Crippen molar-refractivity contribution in [3.8, 4) is 0 Å². The SMILES string of the molecule is O.O=C([O-])[O-].O=C([O-])[O-].[Bi+3].[Bi+3].[Bi+3].[Bi+3].[O-2].[O-2].[O-2].[O-2]. The number of hydrogen-bond acceptors (Lipinski definition) is 6. The molecule has 0 heterocycles. The van der Waals surface area contributed by atoms with Crippen LogP contribution in [0.3, 0.4) is 0 Å². The van der Waals surface area contributed by atoms with E-state index in [2.05, 4.69) is 0 Å². The maximum absolute atomic E-state index is 8.33. The number of carbonyl (C=O) groups is 2. The Hall–Kier alpha value is 1.87. The van der Waals surface area contributed by atoms with Crippen LogP contribution in [0.5, 0.6) is 0 Å². The average Bonchev–Trinajstić information content (AvgIpc) is 1.25. The summed E-state index contributed by atoms with van der Waals surface area (Å²) < 4.78 is 0. The molecular weight excluding hydrogens is 1040 g/mol. The van der Waals surface area contributed by atoms with Crippen molar-refractivity contribution in [2.75, 3.05) is 0 Å². The summed E-state index contributed by atoms with van der Waals surface area (Å²) in [5.74, 6) is 0. The molecule has 0 aromatic carbocycles. The van der Waals surface area contributed by atoms with Gasteiger partial charge in [-0.3, -0.25) is 0 Å². The predicted octanol–water partition coefficient (Wildman–Crippen LogP) is -7.72. The number of rotatable bonds is 0. The van der Waals surface area contributed by atoms with Gasteiger partial charge in [0.2, 0.25) is 0 Å². The first-order chi connectivity index (χ1) is 3.46. The quantitative estimate of drug-likeness (QED) is 0.213. The Balaban J connectivity index is -0.00000000308. The molecular formula is C2H2Bi4O11. The minimum absolute atomic E-state index is 0. The third kappa shape index (κ3) is 1280. The topological polar surface area (TPSA) is 272 Å². The summed E-state index contributed by atoms with van der Waals surface area (Å²) in [6.45, 7) is 0. The van der Waals surface area contributed by atoms with Crippen molar-refractivity contribution in [3.05, 3.63) is 0 Å². The van der Waals surface area contributed by atoms with E-state index in [1.165, 1.54) is 0 Å². The first kappa shape index (κ1) is 97.3. The van der Waals surface area contributed by atoms with Gasteiger partial charge in [-0.1, -0.05) is 0 Å². The smallest absolute Gasteiger partial charge is 2.00 e. The number of carboxylic acid groups (broad SMARTS) is 4. The van der Waals surface area contributed by atoms with E-state index < -0.39 is 12.3 Å². The Kier molecular flexibility index (Phi) is 470. The van der Waals surface area contributed by atoms with E-state index in [1.54, 1.807) is 0 Å². The van der Waals surface area contributed by atoms with E-state index in [4.69, 9.17) is 30.0 Å². The third-order valence-electron chi connectivity index (χ3n) is 0. The molecule has 17 heavy (non-hydrogen) atoms. The van der Waals surface area contributed by atoms with Crippen LogP contribution in [-0.2, 0) is 21.9 Å². The van der Waals surface area contributed by atoms with Crippen molar-refractivity contribution < 1.29 is 57.4 Å².